The van der Waals surface area contributed by atoms with Gasteiger partial charge < -0.3 is 0 Å². The van der Waals surface area contributed by atoms with Gasteiger partial charge in [-0.2, -0.15) is 0 Å². The molecule has 0 spiro atoms. The Morgan fingerprint density at radius 2 is 2.36 bits per heavy atom. The molecule has 0 amide bonds. The van der Waals surface area contributed by atoms with Crippen LogP contribution in [0.2, 0.25) is 0 Å². The van der Waals surface area contributed by atoms with E-state index in [4.69, 9.17) is 0 Å². The van der Waals surface area contributed by atoms with E-state index in [1.165, 1.54) is 30.4 Å². The third kappa shape index (κ3) is 1.83. The van der Waals surface area contributed by atoms with E-state index in [0.29, 0.717) is 5.92 Å². The lowest BCUT2D eigenvalue weighted by Gasteiger charge is -2.10. The van der Waals surface area contributed by atoms with Crippen LogP contribution in [0.3, 0.4) is 0 Å². The van der Waals surface area contributed by atoms with Crippen molar-refractivity contribution in [3.63, 3.8) is 0 Å². The molecule has 1 aliphatic rings. The normalized spacial score (nSPS) is 27.4. The molecule has 0 saturated heterocycles. The Labute approximate surface area is 69.3 Å². The summed E-state index contributed by atoms with van der Waals surface area (Å²) in [6.07, 6.45) is 7.87. The monoisotopic (exact) mass is 148 g/mol. The smallest absolute Gasteiger partial charge is 0.000470 e. The number of hydrogen-bond donors (Lipinski definition) is 0. The molecule has 60 valence electrons. The summed E-state index contributed by atoms with van der Waals surface area (Å²) in [6.45, 7) is 9.82. The van der Waals surface area contributed by atoms with Crippen molar-refractivity contribution in [1.82, 2.24) is 0 Å². The number of hydrogen-bond acceptors (Lipinski definition) is 0. The molecule has 0 aromatic carbocycles. The molecule has 0 aromatic rings. The molecule has 1 rings (SSSR count). The predicted octanol–water partition coefficient (Wildman–Crippen LogP) is 3.48. The van der Waals surface area contributed by atoms with Crippen LogP contribution in [0, 0.1) is 5.92 Å². The molecule has 0 nitrogen and oxygen atoms in total. The molecule has 0 N–H and O–H groups in total. The first-order valence-electron chi connectivity index (χ1n) is 4.22. The molecule has 11 heavy (non-hydrogen) atoms. The first-order chi connectivity index (χ1) is 5.25. The molecule has 0 aromatic heterocycles. The maximum atomic E-state index is 3.99. The molecule has 1 saturated carbocycles. The first-order valence-corrected chi connectivity index (χ1v) is 4.22. The summed E-state index contributed by atoms with van der Waals surface area (Å²) < 4.78 is 0. The highest BCUT2D eigenvalue weighted by Gasteiger charge is 2.20. The third-order valence-corrected chi connectivity index (χ3v) is 2.33. The second kappa shape index (κ2) is 3.56. The predicted molar refractivity (Wildman–Crippen MR) is 50.4 cm³/mol. The molecule has 1 aliphatic carbocycles. The van der Waals surface area contributed by atoms with E-state index >= 15 is 0 Å². The van der Waals surface area contributed by atoms with Gasteiger partial charge in [-0.25, -0.2) is 0 Å². The van der Waals surface area contributed by atoms with Crippen LogP contribution in [0.1, 0.15) is 26.2 Å². The summed E-state index contributed by atoms with van der Waals surface area (Å²) >= 11 is 0. The van der Waals surface area contributed by atoms with Crippen LogP contribution in [0.15, 0.2) is 36.5 Å². The highest BCUT2D eigenvalue weighted by atomic mass is 14.2. The summed E-state index contributed by atoms with van der Waals surface area (Å²) in [6, 6.07) is 0. The largest absolute Gasteiger partial charge is 0.0995 e. The average molecular weight is 148 g/mol. The van der Waals surface area contributed by atoms with Gasteiger partial charge in [-0.05, 0) is 26.2 Å². The Morgan fingerprint density at radius 1 is 1.64 bits per heavy atom. The lowest BCUT2D eigenvalue weighted by Crippen LogP contribution is -1.96. The van der Waals surface area contributed by atoms with Gasteiger partial charge in [0, 0.05) is 5.92 Å². The van der Waals surface area contributed by atoms with E-state index in [1.807, 2.05) is 6.08 Å². The zero-order chi connectivity index (χ0) is 8.27. The van der Waals surface area contributed by atoms with Crippen molar-refractivity contribution in [2.24, 2.45) is 5.92 Å². The van der Waals surface area contributed by atoms with Crippen molar-refractivity contribution in [2.45, 2.75) is 26.2 Å². The zero-order valence-corrected chi connectivity index (χ0v) is 7.27. The minimum atomic E-state index is 0.646. The fraction of sp³-hybridized carbons (Fsp3) is 0.455. The maximum absolute atomic E-state index is 3.99. The summed E-state index contributed by atoms with van der Waals surface area (Å²) in [5.74, 6) is 0.646. The van der Waals surface area contributed by atoms with Crippen LogP contribution in [0.4, 0.5) is 0 Å². The van der Waals surface area contributed by atoms with Crippen molar-refractivity contribution in [2.75, 3.05) is 0 Å². The molecular formula is C11H16. The average Bonchev–Trinajstić information content (AvgIpc) is 2.36. The molecule has 1 atom stereocenters. The molecule has 0 heteroatoms. The van der Waals surface area contributed by atoms with Gasteiger partial charge in [0.1, 0.15) is 0 Å². The zero-order valence-electron chi connectivity index (χ0n) is 7.27. The van der Waals surface area contributed by atoms with Crippen LogP contribution in [-0.2, 0) is 0 Å². The minimum Gasteiger partial charge on any atom is -0.0995 e. The van der Waals surface area contributed by atoms with Crippen molar-refractivity contribution in [1.29, 1.82) is 0 Å². The fourth-order valence-electron chi connectivity index (χ4n) is 1.78. The Kier molecular flexibility index (Phi) is 2.70. The highest BCUT2D eigenvalue weighted by Crippen LogP contribution is 2.35. The summed E-state index contributed by atoms with van der Waals surface area (Å²) in [7, 11) is 0. The van der Waals surface area contributed by atoms with E-state index in [-0.39, 0.29) is 0 Å². The standard InChI is InChI=1S/C11H16/c1-4-6-10-7-5-8-11(10)9(2)3/h4,6,11H,1-2,5,7-8H2,3H3/b10-6+/t11-/m1/s1. The molecule has 0 unspecified atom stereocenters. The van der Waals surface area contributed by atoms with E-state index in [9.17, 15) is 0 Å². The van der Waals surface area contributed by atoms with Gasteiger partial charge in [-0.15, -0.1) is 0 Å². The Balaban J connectivity index is 2.72. The van der Waals surface area contributed by atoms with Crippen LogP contribution in [-0.4, -0.2) is 0 Å². The maximum Gasteiger partial charge on any atom is 0.000470 e. The summed E-state index contributed by atoms with van der Waals surface area (Å²) in [5.41, 5.74) is 2.82. The van der Waals surface area contributed by atoms with Crippen LogP contribution in [0.5, 0.6) is 0 Å². The Morgan fingerprint density at radius 3 is 2.91 bits per heavy atom. The number of allylic oxidation sites excluding steroid dienone is 4. The summed E-state index contributed by atoms with van der Waals surface area (Å²) in [4.78, 5) is 0. The van der Waals surface area contributed by atoms with Crippen LogP contribution < -0.4 is 0 Å². The second-order valence-electron chi connectivity index (χ2n) is 3.27. The van der Waals surface area contributed by atoms with Gasteiger partial charge in [-0.1, -0.05) is 36.5 Å². The van der Waals surface area contributed by atoms with Crippen molar-refractivity contribution >= 4 is 0 Å². The number of rotatable bonds is 2. The molecule has 0 heterocycles. The Bertz CT molecular complexity index is 196. The lowest BCUT2D eigenvalue weighted by atomic mass is 9.96. The molecule has 0 aliphatic heterocycles. The molecular weight excluding hydrogens is 132 g/mol. The molecule has 0 radical (unpaired) electrons. The third-order valence-electron chi connectivity index (χ3n) is 2.33. The van der Waals surface area contributed by atoms with Crippen molar-refractivity contribution in [3.05, 3.63) is 36.5 Å². The van der Waals surface area contributed by atoms with E-state index in [2.05, 4.69) is 26.2 Å². The van der Waals surface area contributed by atoms with Gasteiger partial charge >= 0.3 is 0 Å². The van der Waals surface area contributed by atoms with Crippen molar-refractivity contribution < 1.29 is 0 Å². The Hall–Kier alpha value is -0.780. The summed E-state index contributed by atoms with van der Waals surface area (Å²) in [5, 5.41) is 0. The van der Waals surface area contributed by atoms with E-state index in [1.54, 1.807) is 0 Å². The van der Waals surface area contributed by atoms with E-state index in [0.717, 1.165) is 0 Å². The second-order valence-corrected chi connectivity index (χ2v) is 3.27. The fourth-order valence-corrected chi connectivity index (χ4v) is 1.78. The van der Waals surface area contributed by atoms with E-state index < -0.39 is 0 Å². The minimum absolute atomic E-state index is 0.646. The topological polar surface area (TPSA) is 0 Å². The van der Waals surface area contributed by atoms with Crippen LogP contribution in [0.25, 0.3) is 0 Å². The van der Waals surface area contributed by atoms with Gasteiger partial charge in [0.25, 0.3) is 0 Å². The first kappa shape index (κ1) is 8.32. The lowest BCUT2D eigenvalue weighted by molar-refractivity contribution is 0.726. The molecule has 0 bridgehead atoms. The highest BCUT2D eigenvalue weighted by molar-refractivity contribution is 5.24. The van der Waals surface area contributed by atoms with Gasteiger partial charge in [0.2, 0.25) is 0 Å². The van der Waals surface area contributed by atoms with Gasteiger partial charge in [-0.3, -0.25) is 0 Å². The quantitative estimate of drug-likeness (QED) is 0.526. The molecule has 1 fully saturated rings. The van der Waals surface area contributed by atoms with Crippen molar-refractivity contribution in [3.8, 4) is 0 Å². The SMILES string of the molecule is C=C/C=C1\CCC[C@@H]1C(=C)C. The van der Waals surface area contributed by atoms with Crippen LogP contribution >= 0.6 is 0 Å². The van der Waals surface area contributed by atoms with Gasteiger partial charge in [0.15, 0.2) is 0 Å². The van der Waals surface area contributed by atoms with Gasteiger partial charge in [0.05, 0.1) is 0 Å².